The smallest absolute Gasteiger partial charge is 0.229 e. The molecule has 2 atom stereocenters. The summed E-state index contributed by atoms with van der Waals surface area (Å²) in [4.78, 5) is 0. The molecule has 0 spiro atoms. The molecular weight excluding hydrogens is 427 g/mol. The molecule has 1 aliphatic heterocycles. The Hall–Kier alpha value is -3.32. The summed E-state index contributed by atoms with van der Waals surface area (Å²) in [6.07, 6.45) is 3.58. The molecule has 2 N–H and O–H groups in total. The maximum Gasteiger partial charge on any atom is 0.229 e. The topological polar surface area (TPSA) is 67.4 Å². The maximum absolute atomic E-state index is 13.4. The largest absolute Gasteiger partial charge is 0.484 e. The van der Waals surface area contributed by atoms with Gasteiger partial charge in [-0.25, -0.2) is 12.8 Å². The lowest BCUT2D eigenvalue weighted by molar-refractivity contribution is 0.166. The summed E-state index contributed by atoms with van der Waals surface area (Å²) in [6.45, 7) is 2.06. The second-order valence-electron chi connectivity index (χ2n) is 8.00. The maximum atomic E-state index is 13.4. The van der Waals surface area contributed by atoms with Gasteiger partial charge in [0.25, 0.3) is 0 Å². The summed E-state index contributed by atoms with van der Waals surface area (Å²) in [5, 5.41) is 3.40. The average molecular weight is 453 g/mol. The minimum absolute atomic E-state index is 0.00136. The Morgan fingerprint density at radius 1 is 1.06 bits per heavy atom. The Morgan fingerprint density at radius 3 is 2.50 bits per heavy atom. The molecule has 0 aromatic heterocycles. The van der Waals surface area contributed by atoms with Gasteiger partial charge in [-0.15, -0.1) is 0 Å². The lowest BCUT2D eigenvalue weighted by atomic mass is 9.91. The molecule has 166 valence electrons. The van der Waals surface area contributed by atoms with Crippen LogP contribution < -0.4 is 14.8 Å². The fourth-order valence-electron chi connectivity index (χ4n) is 3.90. The fourth-order valence-corrected chi connectivity index (χ4v) is 4.46. The quantitative estimate of drug-likeness (QED) is 0.514. The van der Waals surface area contributed by atoms with Gasteiger partial charge in [0.15, 0.2) is 0 Å². The van der Waals surface area contributed by atoms with Crippen LogP contribution in [0.5, 0.6) is 5.75 Å². The molecule has 0 amide bonds. The first-order chi connectivity index (χ1) is 15.3. The van der Waals surface area contributed by atoms with E-state index in [-0.39, 0.29) is 18.0 Å². The predicted molar refractivity (Wildman–Crippen MR) is 125 cm³/mol. The molecule has 1 heterocycles. The van der Waals surface area contributed by atoms with Gasteiger partial charge in [-0.2, -0.15) is 0 Å². The van der Waals surface area contributed by atoms with Gasteiger partial charge in [-0.05, 0) is 67.1 Å². The number of anilines is 1. The Balaban J connectivity index is 1.74. The highest BCUT2D eigenvalue weighted by atomic mass is 32.2. The molecule has 0 saturated carbocycles. The summed E-state index contributed by atoms with van der Waals surface area (Å²) in [5.41, 5.74) is 4.47. The third kappa shape index (κ3) is 5.29. The second-order valence-corrected chi connectivity index (χ2v) is 9.75. The molecule has 3 aromatic rings. The van der Waals surface area contributed by atoms with Crippen molar-refractivity contribution in [2.24, 2.45) is 0 Å². The fraction of sp³-hybridized carbons (Fsp3) is 0.200. The van der Waals surface area contributed by atoms with E-state index in [0.29, 0.717) is 11.4 Å². The van der Waals surface area contributed by atoms with Gasteiger partial charge in [0.05, 0.1) is 12.3 Å². The van der Waals surface area contributed by atoms with Gasteiger partial charge >= 0.3 is 0 Å². The first-order valence-corrected chi connectivity index (χ1v) is 12.2. The molecule has 32 heavy (non-hydrogen) atoms. The van der Waals surface area contributed by atoms with E-state index >= 15 is 0 Å². The van der Waals surface area contributed by atoms with E-state index in [4.69, 9.17) is 4.74 Å². The average Bonchev–Trinajstić information content (AvgIpc) is 3.18. The van der Waals surface area contributed by atoms with Gasteiger partial charge in [0.1, 0.15) is 17.7 Å². The Bertz CT molecular complexity index is 1240. The van der Waals surface area contributed by atoms with Crippen molar-refractivity contribution in [3.63, 3.8) is 0 Å². The van der Waals surface area contributed by atoms with Gasteiger partial charge in [-0.3, -0.25) is 4.72 Å². The Kier molecular flexibility index (Phi) is 6.19. The molecule has 2 unspecified atom stereocenters. The number of benzene rings is 3. The summed E-state index contributed by atoms with van der Waals surface area (Å²) < 4.78 is 45.7. The third-order valence-electron chi connectivity index (χ3n) is 5.27. The molecular formula is C25H25FN2O3S. The van der Waals surface area contributed by atoms with Crippen LogP contribution in [0.15, 0.2) is 84.6 Å². The van der Waals surface area contributed by atoms with E-state index in [1.807, 2.05) is 42.6 Å². The van der Waals surface area contributed by atoms with E-state index in [1.165, 1.54) is 17.7 Å². The van der Waals surface area contributed by atoms with Crippen LogP contribution in [0.25, 0.3) is 11.1 Å². The first-order valence-electron chi connectivity index (χ1n) is 10.3. The minimum Gasteiger partial charge on any atom is -0.484 e. The molecule has 0 saturated heterocycles. The monoisotopic (exact) mass is 452 g/mol. The van der Waals surface area contributed by atoms with Crippen molar-refractivity contribution >= 4 is 15.7 Å². The highest BCUT2D eigenvalue weighted by Crippen LogP contribution is 2.36. The summed E-state index contributed by atoms with van der Waals surface area (Å²) in [5.74, 6) is 0.256. The molecule has 0 bridgehead atoms. The van der Waals surface area contributed by atoms with Crippen molar-refractivity contribution in [1.29, 1.82) is 0 Å². The van der Waals surface area contributed by atoms with Crippen molar-refractivity contribution in [1.82, 2.24) is 5.32 Å². The number of ether oxygens (including phenoxy) is 1. The van der Waals surface area contributed by atoms with Crippen molar-refractivity contribution in [2.75, 3.05) is 11.0 Å². The van der Waals surface area contributed by atoms with Crippen LogP contribution in [0.3, 0.4) is 0 Å². The van der Waals surface area contributed by atoms with Gasteiger partial charge in [0, 0.05) is 11.3 Å². The number of sulfonamides is 1. The van der Waals surface area contributed by atoms with Crippen molar-refractivity contribution < 1.29 is 17.5 Å². The van der Waals surface area contributed by atoms with E-state index in [0.717, 1.165) is 29.4 Å². The second kappa shape index (κ2) is 9.04. The van der Waals surface area contributed by atoms with Crippen LogP contribution in [0.2, 0.25) is 0 Å². The zero-order chi connectivity index (χ0) is 22.7. The van der Waals surface area contributed by atoms with Crippen LogP contribution >= 0.6 is 0 Å². The SMILES string of the molecule is CC1=CNC(C(Oc2ccc(F)cc2)c2ccccc2-c2cccc(NS(C)(=O)=O)c2)C1. The highest BCUT2D eigenvalue weighted by Gasteiger charge is 2.29. The van der Waals surface area contributed by atoms with E-state index in [2.05, 4.69) is 17.0 Å². The van der Waals surface area contributed by atoms with Gasteiger partial charge in [-0.1, -0.05) is 42.0 Å². The molecule has 3 aromatic carbocycles. The Labute approximate surface area is 188 Å². The molecule has 5 nitrogen and oxygen atoms in total. The van der Waals surface area contributed by atoms with Crippen LogP contribution in [0, 0.1) is 5.82 Å². The van der Waals surface area contributed by atoms with E-state index in [9.17, 15) is 12.8 Å². The summed E-state index contributed by atoms with van der Waals surface area (Å²) in [7, 11) is -3.39. The number of hydrogen-bond acceptors (Lipinski definition) is 4. The highest BCUT2D eigenvalue weighted by molar-refractivity contribution is 7.92. The Morgan fingerprint density at radius 2 is 1.81 bits per heavy atom. The standard InChI is InChI=1S/C25H25FN2O3S/c1-17-14-24(27-16-17)25(31-21-12-10-19(26)11-13-21)23-9-4-3-8-22(23)18-6-5-7-20(15-18)28-32(2,29)30/h3-13,15-16,24-25,27-28H,14H2,1-2H3. The predicted octanol–water partition coefficient (Wildman–Crippen LogP) is 5.25. The molecule has 4 rings (SSSR count). The number of halogens is 1. The molecule has 0 fully saturated rings. The van der Waals surface area contributed by atoms with Crippen LogP contribution in [0.1, 0.15) is 25.0 Å². The van der Waals surface area contributed by atoms with E-state index < -0.39 is 10.0 Å². The van der Waals surface area contributed by atoms with Crippen LogP contribution in [-0.4, -0.2) is 20.7 Å². The molecule has 0 aliphatic carbocycles. The first kappa shape index (κ1) is 21.9. The minimum atomic E-state index is -3.39. The molecule has 7 heteroatoms. The van der Waals surface area contributed by atoms with Crippen LogP contribution in [-0.2, 0) is 10.0 Å². The summed E-state index contributed by atoms with van der Waals surface area (Å²) in [6, 6.07) is 21.2. The lowest BCUT2D eigenvalue weighted by Gasteiger charge is -2.28. The third-order valence-corrected chi connectivity index (χ3v) is 5.88. The van der Waals surface area contributed by atoms with Gasteiger partial charge < -0.3 is 10.1 Å². The van der Waals surface area contributed by atoms with Gasteiger partial charge in [0.2, 0.25) is 10.0 Å². The number of hydrogen-bond donors (Lipinski definition) is 2. The zero-order valence-electron chi connectivity index (χ0n) is 17.9. The van der Waals surface area contributed by atoms with Crippen LogP contribution in [0.4, 0.5) is 10.1 Å². The lowest BCUT2D eigenvalue weighted by Crippen LogP contribution is -2.31. The zero-order valence-corrected chi connectivity index (χ0v) is 18.7. The number of nitrogens with one attached hydrogen (secondary N) is 2. The molecule has 1 aliphatic rings. The van der Waals surface area contributed by atoms with Crippen molar-refractivity contribution in [2.45, 2.75) is 25.5 Å². The summed E-state index contributed by atoms with van der Waals surface area (Å²) >= 11 is 0. The number of rotatable bonds is 7. The molecule has 0 radical (unpaired) electrons. The van der Waals surface area contributed by atoms with E-state index in [1.54, 1.807) is 24.3 Å². The van der Waals surface area contributed by atoms with Crippen molar-refractivity contribution in [3.05, 3.63) is 96.0 Å². The van der Waals surface area contributed by atoms with Crippen molar-refractivity contribution in [3.8, 4) is 16.9 Å². The normalized spacial score (nSPS) is 16.7.